The Balaban J connectivity index is 2.44. The predicted octanol–water partition coefficient (Wildman–Crippen LogP) is 3.61. The summed E-state index contributed by atoms with van der Waals surface area (Å²) in [7, 11) is -3.80. The number of nitrogens with zero attached hydrogens (tertiary/aromatic N) is 2. The maximum Gasteiger partial charge on any atom is 0.244 e. The summed E-state index contributed by atoms with van der Waals surface area (Å²) in [6, 6.07) is 9.81. The van der Waals surface area contributed by atoms with Crippen LogP contribution < -0.4 is 9.62 Å². The number of sulfonamides is 1. The molecule has 1 N–H and O–H groups in total. The third kappa shape index (κ3) is 7.26. The molecule has 7 nitrogen and oxygen atoms in total. The first kappa shape index (κ1) is 26.8. The van der Waals surface area contributed by atoms with E-state index in [1.165, 1.54) is 29.2 Å². The van der Waals surface area contributed by atoms with E-state index in [0.29, 0.717) is 24.2 Å². The van der Waals surface area contributed by atoms with E-state index in [4.69, 9.17) is 0 Å². The van der Waals surface area contributed by atoms with Crippen LogP contribution >= 0.6 is 15.9 Å². The molecule has 0 aromatic heterocycles. The Hall–Kier alpha value is -2.46. The molecule has 0 aliphatic heterocycles. The number of benzene rings is 2. The zero-order valence-electron chi connectivity index (χ0n) is 19.1. The van der Waals surface area contributed by atoms with Gasteiger partial charge in [-0.2, -0.15) is 0 Å². The lowest BCUT2D eigenvalue weighted by Gasteiger charge is -2.32. The minimum Gasteiger partial charge on any atom is -0.355 e. The normalized spacial score (nSPS) is 12.2. The van der Waals surface area contributed by atoms with E-state index in [9.17, 15) is 22.4 Å². The number of carbonyl (C=O) groups is 2. The SMILES string of the molecule is CCNC(=O)[C@H](CC)N(Cc1ccc(F)cc1)C(=O)CN(c1ccc(Br)c(C)c1)S(C)(=O)=O. The highest BCUT2D eigenvalue weighted by molar-refractivity contribution is 9.10. The number of aryl methyl sites for hydroxylation is 1. The molecule has 0 unspecified atom stereocenters. The average molecular weight is 542 g/mol. The van der Waals surface area contributed by atoms with Crippen molar-refractivity contribution in [3.05, 3.63) is 63.9 Å². The molecular formula is C23H29BrFN3O4S. The van der Waals surface area contributed by atoms with Crippen LogP contribution in [0, 0.1) is 12.7 Å². The van der Waals surface area contributed by atoms with Crippen molar-refractivity contribution in [2.75, 3.05) is 23.7 Å². The van der Waals surface area contributed by atoms with E-state index in [-0.39, 0.29) is 12.5 Å². The summed E-state index contributed by atoms with van der Waals surface area (Å²) in [5.74, 6) is -1.29. The number of hydrogen-bond acceptors (Lipinski definition) is 4. The molecule has 0 aliphatic rings. The molecule has 0 radical (unpaired) electrons. The monoisotopic (exact) mass is 541 g/mol. The van der Waals surface area contributed by atoms with Gasteiger partial charge < -0.3 is 10.2 Å². The number of likely N-dealkylation sites (N-methyl/N-ethyl adjacent to an activating group) is 1. The number of anilines is 1. The van der Waals surface area contributed by atoms with Gasteiger partial charge in [-0.05, 0) is 61.7 Å². The summed E-state index contributed by atoms with van der Waals surface area (Å²) in [6.07, 6.45) is 1.36. The number of carbonyl (C=O) groups excluding carboxylic acids is 2. The van der Waals surface area contributed by atoms with Crippen LogP contribution in [0.5, 0.6) is 0 Å². The fraction of sp³-hybridized carbons (Fsp3) is 0.391. The summed E-state index contributed by atoms with van der Waals surface area (Å²) in [5.41, 5.74) is 1.78. The summed E-state index contributed by atoms with van der Waals surface area (Å²) < 4.78 is 40.4. The first-order valence-corrected chi connectivity index (χ1v) is 13.2. The highest BCUT2D eigenvalue weighted by Crippen LogP contribution is 2.25. The molecule has 0 heterocycles. The predicted molar refractivity (Wildman–Crippen MR) is 131 cm³/mol. The van der Waals surface area contributed by atoms with Crippen molar-refractivity contribution < 1.29 is 22.4 Å². The van der Waals surface area contributed by atoms with Crippen LogP contribution in [0.3, 0.4) is 0 Å². The molecule has 33 heavy (non-hydrogen) atoms. The number of hydrogen-bond donors (Lipinski definition) is 1. The molecule has 0 saturated heterocycles. The second kappa shape index (κ2) is 11.6. The Labute approximate surface area is 203 Å². The zero-order valence-corrected chi connectivity index (χ0v) is 21.5. The fourth-order valence-electron chi connectivity index (χ4n) is 3.40. The Bertz CT molecular complexity index is 1090. The largest absolute Gasteiger partial charge is 0.355 e. The lowest BCUT2D eigenvalue weighted by molar-refractivity contribution is -0.140. The van der Waals surface area contributed by atoms with E-state index in [1.54, 1.807) is 32.0 Å². The minimum absolute atomic E-state index is 0.0335. The molecule has 0 saturated carbocycles. The third-order valence-electron chi connectivity index (χ3n) is 5.11. The van der Waals surface area contributed by atoms with Gasteiger partial charge in [0.15, 0.2) is 0 Å². The number of rotatable bonds is 10. The molecule has 0 spiro atoms. The average Bonchev–Trinajstić information content (AvgIpc) is 2.74. The van der Waals surface area contributed by atoms with Crippen molar-refractivity contribution >= 4 is 43.5 Å². The molecular weight excluding hydrogens is 513 g/mol. The molecule has 2 amide bonds. The van der Waals surface area contributed by atoms with E-state index < -0.39 is 34.3 Å². The fourth-order valence-corrected chi connectivity index (χ4v) is 4.48. The van der Waals surface area contributed by atoms with Crippen LogP contribution in [-0.4, -0.2) is 50.5 Å². The molecule has 0 aliphatic carbocycles. The number of nitrogens with one attached hydrogen (secondary N) is 1. The van der Waals surface area contributed by atoms with Crippen molar-refractivity contribution in [2.45, 2.75) is 39.8 Å². The van der Waals surface area contributed by atoms with Gasteiger partial charge in [-0.3, -0.25) is 13.9 Å². The van der Waals surface area contributed by atoms with Crippen molar-refractivity contribution in [1.29, 1.82) is 0 Å². The second-order valence-corrected chi connectivity index (χ2v) is 10.4. The smallest absolute Gasteiger partial charge is 0.244 e. The van der Waals surface area contributed by atoms with Crippen LogP contribution in [0.2, 0.25) is 0 Å². The van der Waals surface area contributed by atoms with Gasteiger partial charge in [-0.25, -0.2) is 12.8 Å². The molecule has 2 rings (SSSR count). The van der Waals surface area contributed by atoms with Crippen molar-refractivity contribution in [3.8, 4) is 0 Å². The number of amides is 2. The quantitative estimate of drug-likeness (QED) is 0.497. The number of halogens is 2. The molecule has 10 heteroatoms. The van der Waals surface area contributed by atoms with E-state index >= 15 is 0 Å². The van der Waals surface area contributed by atoms with Crippen LogP contribution in [0.1, 0.15) is 31.4 Å². The van der Waals surface area contributed by atoms with Crippen molar-refractivity contribution in [1.82, 2.24) is 10.2 Å². The lowest BCUT2D eigenvalue weighted by atomic mass is 10.1. The van der Waals surface area contributed by atoms with E-state index in [0.717, 1.165) is 20.6 Å². The van der Waals surface area contributed by atoms with Gasteiger partial charge in [0, 0.05) is 17.6 Å². The Kier molecular flexibility index (Phi) is 9.42. The summed E-state index contributed by atoms with van der Waals surface area (Å²) in [6.45, 7) is 5.32. The van der Waals surface area contributed by atoms with Gasteiger partial charge in [0.05, 0.1) is 11.9 Å². The Morgan fingerprint density at radius 2 is 1.76 bits per heavy atom. The third-order valence-corrected chi connectivity index (χ3v) is 7.14. The maximum absolute atomic E-state index is 13.5. The van der Waals surface area contributed by atoms with Gasteiger partial charge >= 0.3 is 0 Å². The lowest BCUT2D eigenvalue weighted by Crippen LogP contribution is -2.52. The summed E-state index contributed by atoms with van der Waals surface area (Å²) in [4.78, 5) is 27.5. The van der Waals surface area contributed by atoms with Crippen LogP contribution in [0.25, 0.3) is 0 Å². The van der Waals surface area contributed by atoms with Gasteiger partial charge in [-0.1, -0.05) is 35.0 Å². The van der Waals surface area contributed by atoms with Gasteiger partial charge in [0.2, 0.25) is 21.8 Å². The molecule has 2 aromatic rings. The van der Waals surface area contributed by atoms with E-state index in [2.05, 4.69) is 21.2 Å². The summed E-state index contributed by atoms with van der Waals surface area (Å²) in [5, 5.41) is 2.73. The molecule has 2 aromatic carbocycles. The van der Waals surface area contributed by atoms with Gasteiger partial charge in [0.1, 0.15) is 18.4 Å². The Morgan fingerprint density at radius 1 is 1.12 bits per heavy atom. The second-order valence-electron chi connectivity index (χ2n) is 7.67. The minimum atomic E-state index is -3.80. The van der Waals surface area contributed by atoms with E-state index in [1.807, 2.05) is 6.92 Å². The van der Waals surface area contributed by atoms with Crippen molar-refractivity contribution in [2.24, 2.45) is 0 Å². The van der Waals surface area contributed by atoms with Crippen LogP contribution in [-0.2, 0) is 26.2 Å². The van der Waals surface area contributed by atoms with Gasteiger partial charge in [-0.15, -0.1) is 0 Å². The maximum atomic E-state index is 13.5. The molecule has 0 bridgehead atoms. The standard InChI is InChI=1S/C23H29BrFN3O4S/c1-5-21(23(30)26-6-2)27(14-17-7-9-18(25)10-8-17)22(29)15-28(33(4,31)32)19-11-12-20(24)16(3)13-19/h7-13,21H,5-6,14-15H2,1-4H3,(H,26,30)/t21-/m0/s1. The topological polar surface area (TPSA) is 86.8 Å². The highest BCUT2D eigenvalue weighted by atomic mass is 79.9. The first-order valence-electron chi connectivity index (χ1n) is 10.5. The first-order chi connectivity index (χ1) is 15.5. The van der Waals surface area contributed by atoms with Crippen molar-refractivity contribution in [3.63, 3.8) is 0 Å². The van der Waals surface area contributed by atoms with Crippen LogP contribution in [0.15, 0.2) is 46.9 Å². The molecule has 1 atom stereocenters. The van der Waals surface area contributed by atoms with Gasteiger partial charge in [0.25, 0.3) is 0 Å². The molecule has 0 fully saturated rings. The highest BCUT2D eigenvalue weighted by Gasteiger charge is 2.31. The van der Waals surface area contributed by atoms with Crippen LogP contribution in [0.4, 0.5) is 10.1 Å². The summed E-state index contributed by atoms with van der Waals surface area (Å²) >= 11 is 3.39. The molecule has 180 valence electrons. The Morgan fingerprint density at radius 3 is 2.27 bits per heavy atom. The zero-order chi connectivity index (χ0) is 24.8.